The maximum Gasteiger partial charge on any atom is 0.329 e. The number of nitrogens with zero attached hydrogens (tertiary/aromatic N) is 1. The Morgan fingerprint density at radius 2 is 1.58 bits per heavy atom. The maximum atomic E-state index is 12.2. The molecule has 0 aliphatic rings. The number of nitrogens with one attached hydrogen (secondary N) is 3. The van der Waals surface area contributed by atoms with Crippen molar-refractivity contribution in [3.63, 3.8) is 0 Å². The lowest BCUT2D eigenvalue weighted by atomic mass is 10.2. The summed E-state index contributed by atoms with van der Waals surface area (Å²) in [5.74, 6) is -0.764. The van der Waals surface area contributed by atoms with Gasteiger partial charge in [0.05, 0.1) is 12.8 Å². The quantitative estimate of drug-likeness (QED) is 0.146. The van der Waals surface area contributed by atoms with E-state index in [1.165, 1.54) is 6.21 Å². The molecule has 3 rings (SSSR count). The second kappa shape index (κ2) is 14.4. The van der Waals surface area contributed by atoms with E-state index in [1.54, 1.807) is 60.7 Å². The number of benzene rings is 3. The Kier molecular flexibility index (Phi) is 10.4. The van der Waals surface area contributed by atoms with Crippen LogP contribution in [0.4, 0.5) is 11.4 Å². The predicted octanol–water partition coefficient (Wildman–Crippen LogP) is 3.76. The normalized spacial score (nSPS) is 10.3. The van der Waals surface area contributed by atoms with Gasteiger partial charge in [-0.3, -0.25) is 14.4 Å². The van der Waals surface area contributed by atoms with E-state index in [2.05, 4.69) is 27.7 Å². The fraction of sp³-hybridized carbons (Fsp3) is 0.143. The van der Waals surface area contributed by atoms with Crippen LogP contribution in [-0.2, 0) is 14.4 Å². The van der Waals surface area contributed by atoms with Crippen molar-refractivity contribution in [2.45, 2.75) is 6.92 Å². The number of rotatable bonds is 12. The van der Waals surface area contributed by atoms with Crippen LogP contribution in [0.3, 0.4) is 0 Å². The van der Waals surface area contributed by atoms with Crippen molar-refractivity contribution >= 4 is 35.3 Å². The Morgan fingerprint density at radius 1 is 0.842 bits per heavy atom. The molecule has 3 aromatic carbocycles. The molecule has 0 aliphatic carbocycles. The fourth-order valence-electron chi connectivity index (χ4n) is 3.05. The number of hydrazone groups is 1. The molecule has 3 aromatic rings. The van der Waals surface area contributed by atoms with Gasteiger partial charge in [-0.15, -0.1) is 0 Å². The summed E-state index contributed by atoms with van der Waals surface area (Å²) in [5, 5.41) is 9.04. The summed E-state index contributed by atoms with van der Waals surface area (Å²) in [6.45, 7) is 5.90. The Balaban J connectivity index is 1.52. The van der Waals surface area contributed by atoms with Crippen LogP contribution in [0.1, 0.15) is 12.5 Å². The Hall–Kier alpha value is -5.12. The zero-order valence-electron chi connectivity index (χ0n) is 20.8. The topological polar surface area (TPSA) is 127 Å². The summed E-state index contributed by atoms with van der Waals surface area (Å²) in [6, 6.07) is 20.5. The number of hydrogen-bond acceptors (Lipinski definition) is 7. The molecule has 0 fully saturated rings. The minimum Gasteiger partial charge on any atom is -0.490 e. The predicted molar refractivity (Wildman–Crippen MR) is 145 cm³/mol. The van der Waals surface area contributed by atoms with Gasteiger partial charge in [0.2, 0.25) is 0 Å². The second-order valence-electron chi connectivity index (χ2n) is 7.62. The molecule has 38 heavy (non-hydrogen) atoms. The average Bonchev–Trinajstić information content (AvgIpc) is 2.93. The largest absolute Gasteiger partial charge is 0.490 e. The molecule has 0 atom stereocenters. The molecule has 0 spiro atoms. The monoisotopic (exact) mass is 516 g/mol. The minimum atomic E-state index is -0.942. The van der Waals surface area contributed by atoms with Gasteiger partial charge in [0.1, 0.15) is 12.4 Å². The van der Waals surface area contributed by atoms with Crippen LogP contribution < -0.4 is 30.3 Å². The van der Waals surface area contributed by atoms with E-state index in [0.29, 0.717) is 47.4 Å². The SMILES string of the molecule is C=CCOc1ccc(NC(=O)C(=O)N/N=C\c2ccc(OCC(=O)Nc3ccccc3)c(OCC)c2)cc1. The highest BCUT2D eigenvalue weighted by Crippen LogP contribution is 2.28. The minimum absolute atomic E-state index is 0.210. The van der Waals surface area contributed by atoms with E-state index in [9.17, 15) is 14.4 Å². The van der Waals surface area contributed by atoms with Gasteiger partial charge in [0.25, 0.3) is 5.91 Å². The zero-order chi connectivity index (χ0) is 27.2. The van der Waals surface area contributed by atoms with Crippen LogP contribution in [0.15, 0.2) is 90.6 Å². The molecule has 10 heteroatoms. The highest BCUT2D eigenvalue weighted by Gasteiger charge is 2.13. The second-order valence-corrected chi connectivity index (χ2v) is 7.62. The third kappa shape index (κ3) is 8.83. The van der Waals surface area contributed by atoms with E-state index in [-0.39, 0.29) is 12.5 Å². The summed E-state index contributed by atoms with van der Waals surface area (Å²) in [4.78, 5) is 36.4. The van der Waals surface area contributed by atoms with Crippen LogP contribution in [0.2, 0.25) is 0 Å². The van der Waals surface area contributed by atoms with Gasteiger partial charge >= 0.3 is 11.8 Å². The standard InChI is InChI=1S/C28H28N4O6/c1-3-16-37-23-13-11-22(12-14-23)31-27(34)28(35)32-29-18-20-10-15-24(25(17-20)36-4-2)38-19-26(33)30-21-8-6-5-7-9-21/h3,5-15,17-18H,1,4,16,19H2,2H3,(H,30,33)(H,31,34)(H,32,35)/b29-18-. The van der Waals surface area contributed by atoms with Gasteiger partial charge in [0.15, 0.2) is 18.1 Å². The summed E-state index contributed by atoms with van der Waals surface area (Å²) in [6.07, 6.45) is 2.97. The van der Waals surface area contributed by atoms with Crippen molar-refractivity contribution in [2.24, 2.45) is 5.10 Å². The van der Waals surface area contributed by atoms with E-state index < -0.39 is 11.8 Å². The number of hydrogen-bond donors (Lipinski definition) is 3. The number of amides is 3. The lowest BCUT2D eigenvalue weighted by Crippen LogP contribution is -2.32. The molecular formula is C28H28N4O6. The van der Waals surface area contributed by atoms with Gasteiger partial charge in [-0.1, -0.05) is 30.9 Å². The molecule has 0 unspecified atom stereocenters. The lowest BCUT2D eigenvalue weighted by molar-refractivity contribution is -0.136. The molecule has 196 valence electrons. The molecule has 0 heterocycles. The molecule has 0 aliphatic heterocycles. The van der Waals surface area contributed by atoms with Crippen LogP contribution in [-0.4, -0.2) is 43.8 Å². The summed E-state index contributed by atoms with van der Waals surface area (Å²) in [7, 11) is 0. The third-order valence-electron chi connectivity index (χ3n) is 4.75. The van der Waals surface area contributed by atoms with Crippen LogP contribution >= 0.6 is 0 Å². The fourth-order valence-corrected chi connectivity index (χ4v) is 3.05. The summed E-state index contributed by atoms with van der Waals surface area (Å²) < 4.78 is 16.6. The molecule has 0 radical (unpaired) electrons. The molecule has 3 amide bonds. The van der Waals surface area contributed by atoms with Crippen LogP contribution in [0.25, 0.3) is 0 Å². The van der Waals surface area contributed by atoms with Crippen molar-refractivity contribution in [1.29, 1.82) is 0 Å². The van der Waals surface area contributed by atoms with E-state index in [0.717, 1.165) is 0 Å². The molecule has 0 aromatic heterocycles. The van der Waals surface area contributed by atoms with Crippen molar-refractivity contribution < 1.29 is 28.6 Å². The van der Waals surface area contributed by atoms with Gasteiger partial charge in [-0.25, -0.2) is 5.43 Å². The summed E-state index contributed by atoms with van der Waals surface area (Å²) in [5.41, 5.74) is 3.84. The van der Waals surface area contributed by atoms with E-state index in [4.69, 9.17) is 14.2 Å². The van der Waals surface area contributed by atoms with E-state index in [1.807, 2.05) is 25.1 Å². The molecule has 3 N–H and O–H groups in total. The first-order valence-corrected chi connectivity index (χ1v) is 11.7. The number of ether oxygens (including phenoxy) is 3. The number of para-hydroxylation sites is 1. The molecule has 0 saturated heterocycles. The Labute approximate surface area is 220 Å². The smallest absolute Gasteiger partial charge is 0.329 e. The highest BCUT2D eigenvalue weighted by molar-refractivity contribution is 6.39. The molecule has 10 nitrogen and oxygen atoms in total. The first-order valence-electron chi connectivity index (χ1n) is 11.7. The lowest BCUT2D eigenvalue weighted by Gasteiger charge is -2.12. The molecule has 0 bridgehead atoms. The van der Waals surface area contributed by atoms with Crippen molar-refractivity contribution in [3.05, 3.63) is 91.0 Å². The highest BCUT2D eigenvalue weighted by atomic mass is 16.5. The van der Waals surface area contributed by atoms with Gasteiger partial charge < -0.3 is 24.8 Å². The van der Waals surface area contributed by atoms with Crippen molar-refractivity contribution in [1.82, 2.24) is 5.43 Å². The average molecular weight is 517 g/mol. The number of carbonyl (C=O) groups is 3. The third-order valence-corrected chi connectivity index (χ3v) is 4.75. The van der Waals surface area contributed by atoms with Crippen molar-refractivity contribution in [3.8, 4) is 17.2 Å². The van der Waals surface area contributed by atoms with Crippen LogP contribution in [0.5, 0.6) is 17.2 Å². The molecule has 0 saturated carbocycles. The maximum absolute atomic E-state index is 12.2. The number of anilines is 2. The zero-order valence-corrected chi connectivity index (χ0v) is 20.8. The molecular weight excluding hydrogens is 488 g/mol. The number of carbonyl (C=O) groups excluding carboxylic acids is 3. The van der Waals surface area contributed by atoms with Gasteiger partial charge in [0, 0.05) is 11.4 Å². The van der Waals surface area contributed by atoms with Crippen LogP contribution in [0, 0.1) is 0 Å². The first-order chi connectivity index (χ1) is 18.5. The first kappa shape index (κ1) is 27.5. The Bertz CT molecular complexity index is 1280. The van der Waals surface area contributed by atoms with Gasteiger partial charge in [-0.05, 0) is 67.1 Å². The summed E-state index contributed by atoms with van der Waals surface area (Å²) >= 11 is 0. The van der Waals surface area contributed by atoms with E-state index >= 15 is 0 Å². The van der Waals surface area contributed by atoms with Crippen molar-refractivity contribution in [2.75, 3.05) is 30.5 Å². The van der Waals surface area contributed by atoms with Gasteiger partial charge in [-0.2, -0.15) is 5.10 Å². The Morgan fingerprint density at radius 3 is 2.29 bits per heavy atom.